The fourth-order valence-electron chi connectivity index (χ4n) is 2.13. The van der Waals surface area contributed by atoms with Crippen molar-refractivity contribution in [1.29, 1.82) is 0 Å². The van der Waals surface area contributed by atoms with Crippen LogP contribution in [0.1, 0.15) is 27.9 Å². The molecule has 0 saturated heterocycles. The smallest absolute Gasteiger partial charge is 0.263 e. The summed E-state index contributed by atoms with van der Waals surface area (Å²) in [7, 11) is 0. The van der Waals surface area contributed by atoms with Crippen molar-refractivity contribution in [3.63, 3.8) is 0 Å². The number of aliphatic imine (C=N–C) groups is 1. The molecule has 140 valence electrons. The Morgan fingerprint density at radius 2 is 2.00 bits per heavy atom. The van der Waals surface area contributed by atoms with Crippen molar-refractivity contribution in [2.75, 3.05) is 19.6 Å². The minimum atomic E-state index is -0.504. The van der Waals surface area contributed by atoms with Gasteiger partial charge >= 0.3 is 0 Å². The van der Waals surface area contributed by atoms with Crippen molar-refractivity contribution in [2.45, 2.75) is 20.4 Å². The summed E-state index contributed by atoms with van der Waals surface area (Å²) < 4.78 is 26.8. The van der Waals surface area contributed by atoms with Gasteiger partial charge in [0.25, 0.3) is 5.91 Å². The van der Waals surface area contributed by atoms with Gasteiger partial charge in [-0.05, 0) is 32.0 Å². The zero-order valence-electron chi connectivity index (χ0n) is 14.6. The van der Waals surface area contributed by atoms with E-state index in [0.29, 0.717) is 36.2 Å². The molecule has 2 rings (SSSR count). The van der Waals surface area contributed by atoms with Gasteiger partial charge in [-0.3, -0.25) is 4.79 Å². The quantitative estimate of drug-likeness (QED) is 0.390. The molecule has 9 heteroatoms. The fraction of sp³-hybridized carbons (Fsp3) is 0.353. The van der Waals surface area contributed by atoms with Crippen LogP contribution in [0.15, 0.2) is 28.7 Å². The molecule has 0 unspecified atom stereocenters. The van der Waals surface area contributed by atoms with Gasteiger partial charge in [0.2, 0.25) is 0 Å². The van der Waals surface area contributed by atoms with E-state index in [9.17, 15) is 13.6 Å². The largest absolute Gasteiger partial charge is 0.357 e. The molecule has 1 heterocycles. The zero-order chi connectivity index (χ0) is 18.9. The standard InChI is InChI=1S/C17H21F2N5OS/c1-3-20-17(23-9-12-8-13(18)4-5-14(12)19)22-7-6-21-16(25)15-11(2)24-10-26-15/h4-5,8,10H,3,6-7,9H2,1-2H3,(H,21,25)(H2,20,22,23). The first-order valence-corrected chi connectivity index (χ1v) is 9.03. The number of amides is 1. The van der Waals surface area contributed by atoms with E-state index in [2.05, 4.69) is 25.9 Å². The molecule has 0 saturated carbocycles. The van der Waals surface area contributed by atoms with Crippen LogP contribution in [-0.2, 0) is 6.54 Å². The number of nitrogens with one attached hydrogen (secondary N) is 3. The molecule has 0 radical (unpaired) electrons. The van der Waals surface area contributed by atoms with E-state index in [0.717, 1.165) is 18.2 Å². The molecule has 1 amide bonds. The van der Waals surface area contributed by atoms with Gasteiger partial charge in [-0.15, -0.1) is 11.3 Å². The van der Waals surface area contributed by atoms with Crippen molar-refractivity contribution < 1.29 is 13.6 Å². The minimum Gasteiger partial charge on any atom is -0.357 e. The van der Waals surface area contributed by atoms with E-state index in [1.54, 1.807) is 12.4 Å². The first-order chi connectivity index (χ1) is 12.5. The van der Waals surface area contributed by atoms with Crippen molar-refractivity contribution in [3.8, 4) is 0 Å². The number of aryl methyl sites for hydroxylation is 1. The fourth-order valence-corrected chi connectivity index (χ4v) is 2.85. The van der Waals surface area contributed by atoms with Gasteiger partial charge in [-0.1, -0.05) is 0 Å². The lowest BCUT2D eigenvalue weighted by molar-refractivity contribution is 0.0957. The Hall–Kier alpha value is -2.55. The number of carbonyl (C=O) groups excluding carboxylic acids is 1. The lowest BCUT2D eigenvalue weighted by atomic mass is 10.2. The Morgan fingerprint density at radius 1 is 1.23 bits per heavy atom. The highest BCUT2D eigenvalue weighted by Crippen LogP contribution is 2.11. The monoisotopic (exact) mass is 381 g/mol. The van der Waals surface area contributed by atoms with Crippen molar-refractivity contribution >= 4 is 23.2 Å². The maximum absolute atomic E-state index is 13.6. The summed E-state index contributed by atoms with van der Waals surface area (Å²) in [6.07, 6.45) is 0. The molecule has 2 aromatic rings. The van der Waals surface area contributed by atoms with E-state index < -0.39 is 11.6 Å². The minimum absolute atomic E-state index is 0.00530. The Morgan fingerprint density at radius 3 is 2.69 bits per heavy atom. The maximum Gasteiger partial charge on any atom is 0.263 e. The number of aromatic nitrogens is 1. The van der Waals surface area contributed by atoms with Crippen LogP contribution in [0.3, 0.4) is 0 Å². The van der Waals surface area contributed by atoms with Crippen molar-refractivity contribution in [1.82, 2.24) is 20.9 Å². The summed E-state index contributed by atoms with van der Waals surface area (Å²) in [5.41, 5.74) is 2.51. The highest BCUT2D eigenvalue weighted by Gasteiger charge is 2.10. The van der Waals surface area contributed by atoms with Gasteiger partial charge in [0, 0.05) is 25.2 Å². The number of benzene rings is 1. The average Bonchev–Trinajstić information content (AvgIpc) is 3.05. The molecule has 0 spiro atoms. The second-order valence-corrected chi connectivity index (χ2v) is 6.24. The highest BCUT2D eigenvalue weighted by molar-refractivity contribution is 7.11. The van der Waals surface area contributed by atoms with Gasteiger partial charge in [0.15, 0.2) is 5.96 Å². The van der Waals surface area contributed by atoms with Crippen LogP contribution in [0, 0.1) is 18.6 Å². The number of carbonyl (C=O) groups is 1. The lowest BCUT2D eigenvalue weighted by Crippen LogP contribution is -2.41. The zero-order valence-corrected chi connectivity index (χ0v) is 15.4. The lowest BCUT2D eigenvalue weighted by Gasteiger charge is -2.12. The number of guanidine groups is 1. The highest BCUT2D eigenvalue weighted by atomic mass is 32.1. The summed E-state index contributed by atoms with van der Waals surface area (Å²) in [4.78, 5) is 20.8. The summed E-state index contributed by atoms with van der Waals surface area (Å²) in [5, 5.41) is 8.84. The predicted molar refractivity (Wildman–Crippen MR) is 98.4 cm³/mol. The van der Waals surface area contributed by atoms with Crippen LogP contribution in [0.25, 0.3) is 0 Å². The van der Waals surface area contributed by atoms with E-state index >= 15 is 0 Å². The second-order valence-electron chi connectivity index (χ2n) is 5.38. The van der Waals surface area contributed by atoms with Crippen LogP contribution in [-0.4, -0.2) is 36.5 Å². The van der Waals surface area contributed by atoms with Crippen molar-refractivity contribution in [2.24, 2.45) is 4.99 Å². The molecular weight excluding hydrogens is 360 g/mol. The summed E-state index contributed by atoms with van der Waals surface area (Å²) >= 11 is 1.29. The molecular formula is C17H21F2N5OS. The molecule has 3 N–H and O–H groups in total. The summed E-state index contributed by atoms with van der Waals surface area (Å²) in [5.74, 6) is -0.719. The van der Waals surface area contributed by atoms with E-state index in [4.69, 9.17) is 0 Å². The topological polar surface area (TPSA) is 78.4 Å². The average molecular weight is 381 g/mol. The SMILES string of the molecule is CCNC(=NCc1cc(F)ccc1F)NCCNC(=O)c1scnc1C. The van der Waals surface area contributed by atoms with Gasteiger partial charge in [-0.25, -0.2) is 18.8 Å². The second kappa shape index (κ2) is 9.81. The molecule has 26 heavy (non-hydrogen) atoms. The molecule has 0 bridgehead atoms. The molecule has 0 aliphatic rings. The van der Waals surface area contributed by atoms with Gasteiger partial charge < -0.3 is 16.0 Å². The molecule has 0 atom stereocenters. The Kier molecular flexibility index (Phi) is 7.46. The van der Waals surface area contributed by atoms with Crippen LogP contribution in [0.5, 0.6) is 0 Å². The van der Waals surface area contributed by atoms with Crippen LogP contribution in [0.2, 0.25) is 0 Å². The molecule has 1 aromatic carbocycles. The summed E-state index contributed by atoms with van der Waals surface area (Å²) in [6.45, 7) is 5.12. The molecule has 1 aromatic heterocycles. The third-order valence-electron chi connectivity index (χ3n) is 3.41. The third-order valence-corrected chi connectivity index (χ3v) is 4.34. The normalized spacial score (nSPS) is 11.3. The van der Waals surface area contributed by atoms with Gasteiger partial charge in [0.05, 0.1) is 17.7 Å². The van der Waals surface area contributed by atoms with Gasteiger partial charge in [0.1, 0.15) is 16.5 Å². The molecule has 0 fully saturated rings. The predicted octanol–water partition coefficient (Wildman–Crippen LogP) is 2.21. The Balaban J connectivity index is 1.84. The first-order valence-electron chi connectivity index (χ1n) is 8.15. The van der Waals surface area contributed by atoms with Crippen LogP contribution < -0.4 is 16.0 Å². The Bertz CT molecular complexity index is 778. The molecule has 0 aliphatic heterocycles. The number of thiazole rings is 1. The molecule has 0 aliphatic carbocycles. The molecule has 6 nitrogen and oxygen atoms in total. The number of halogens is 2. The number of rotatable bonds is 7. The number of hydrogen-bond donors (Lipinski definition) is 3. The van der Waals surface area contributed by atoms with Crippen LogP contribution >= 0.6 is 11.3 Å². The van der Waals surface area contributed by atoms with Crippen LogP contribution in [0.4, 0.5) is 8.78 Å². The van der Waals surface area contributed by atoms with Crippen molar-refractivity contribution in [3.05, 3.63) is 51.5 Å². The van der Waals surface area contributed by atoms with Gasteiger partial charge in [-0.2, -0.15) is 0 Å². The first kappa shape index (κ1) is 19.8. The number of hydrogen-bond acceptors (Lipinski definition) is 4. The summed E-state index contributed by atoms with van der Waals surface area (Å²) in [6, 6.07) is 3.27. The third kappa shape index (κ3) is 5.76. The Labute approximate surface area is 154 Å². The maximum atomic E-state index is 13.6. The van der Waals surface area contributed by atoms with E-state index in [-0.39, 0.29) is 18.0 Å². The number of nitrogens with zero attached hydrogens (tertiary/aromatic N) is 2. The van der Waals surface area contributed by atoms with E-state index in [1.165, 1.54) is 11.3 Å². The van der Waals surface area contributed by atoms with E-state index in [1.807, 2.05) is 6.92 Å².